The molecule has 3 nitrogen and oxygen atoms in total. The SMILES string of the molecule is CN1/C(=C/N=C2C(=O)C=CC3(C)C=CC=CC23)C(C)(C)c2ccccc21. The molecule has 0 amide bonds. The van der Waals surface area contributed by atoms with Gasteiger partial charge in [0.1, 0.15) is 0 Å². The summed E-state index contributed by atoms with van der Waals surface area (Å²) in [5.41, 5.74) is 3.88. The fraction of sp³-hybridized carbons (Fsp3) is 0.304. The van der Waals surface area contributed by atoms with Crippen LogP contribution in [0, 0.1) is 11.3 Å². The fourth-order valence-corrected chi connectivity index (χ4v) is 4.29. The van der Waals surface area contributed by atoms with Crippen molar-refractivity contribution in [3.63, 3.8) is 0 Å². The molecule has 0 fully saturated rings. The van der Waals surface area contributed by atoms with Crippen LogP contribution in [-0.2, 0) is 10.2 Å². The number of benzene rings is 1. The van der Waals surface area contributed by atoms with Crippen molar-refractivity contribution in [3.05, 3.63) is 78.2 Å². The Morgan fingerprint density at radius 2 is 1.88 bits per heavy atom. The van der Waals surface area contributed by atoms with Crippen LogP contribution in [-0.4, -0.2) is 18.5 Å². The van der Waals surface area contributed by atoms with Crippen molar-refractivity contribution >= 4 is 17.2 Å². The first-order valence-corrected chi connectivity index (χ1v) is 9.06. The van der Waals surface area contributed by atoms with Crippen molar-refractivity contribution in [3.8, 4) is 0 Å². The van der Waals surface area contributed by atoms with Crippen LogP contribution in [0.5, 0.6) is 0 Å². The van der Waals surface area contributed by atoms with Gasteiger partial charge in [0.05, 0.1) is 5.71 Å². The van der Waals surface area contributed by atoms with Crippen LogP contribution in [0.2, 0.25) is 0 Å². The molecular formula is C23H24N2O. The van der Waals surface area contributed by atoms with E-state index in [4.69, 9.17) is 4.99 Å². The van der Waals surface area contributed by atoms with Crippen LogP contribution >= 0.6 is 0 Å². The van der Waals surface area contributed by atoms with E-state index in [1.165, 1.54) is 11.3 Å². The molecular weight excluding hydrogens is 320 g/mol. The highest BCUT2D eigenvalue weighted by atomic mass is 16.1. The van der Waals surface area contributed by atoms with Crippen molar-refractivity contribution in [2.24, 2.45) is 16.3 Å². The third-order valence-electron chi connectivity index (χ3n) is 5.95. The van der Waals surface area contributed by atoms with Gasteiger partial charge < -0.3 is 4.90 Å². The molecule has 1 aromatic rings. The number of carbonyl (C=O) groups is 1. The summed E-state index contributed by atoms with van der Waals surface area (Å²) in [4.78, 5) is 19.4. The number of para-hydroxylation sites is 1. The summed E-state index contributed by atoms with van der Waals surface area (Å²) in [6.07, 6.45) is 13.8. The zero-order valence-corrected chi connectivity index (χ0v) is 15.7. The maximum Gasteiger partial charge on any atom is 0.200 e. The maximum absolute atomic E-state index is 12.5. The molecule has 0 saturated heterocycles. The Balaban J connectivity index is 1.78. The van der Waals surface area contributed by atoms with Gasteiger partial charge >= 0.3 is 0 Å². The van der Waals surface area contributed by atoms with Gasteiger partial charge in [0.25, 0.3) is 0 Å². The van der Waals surface area contributed by atoms with Gasteiger partial charge in [0.2, 0.25) is 0 Å². The van der Waals surface area contributed by atoms with E-state index in [2.05, 4.69) is 69.1 Å². The number of nitrogens with zero attached hydrogens (tertiary/aromatic N) is 2. The lowest BCUT2D eigenvalue weighted by Crippen LogP contribution is -2.37. The van der Waals surface area contributed by atoms with Crippen LogP contribution in [0.3, 0.4) is 0 Å². The number of allylic oxidation sites excluding steroid dienone is 7. The minimum Gasteiger partial charge on any atom is -0.346 e. The summed E-state index contributed by atoms with van der Waals surface area (Å²) >= 11 is 0. The normalized spacial score (nSPS) is 31.6. The second kappa shape index (κ2) is 5.66. The van der Waals surface area contributed by atoms with Gasteiger partial charge in [-0.1, -0.05) is 69.4 Å². The molecule has 2 aliphatic carbocycles. The largest absolute Gasteiger partial charge is 0.346 e. The lowest BCUT2D eigenvalue weighted by molar-refractivity contribution is -0.109. The number of rotatable bonds is 1. The number of anilines is 1. The Kier molecular flexibility index (Phi) is 3.65. The summed E-state index contributed by atoms with van der Waals surface area (Å²) in [6.45, 7) is 6.55. The molecule has 0 aromatic heterocycles. The molecule has 132 valence electrons. The highest BCUT2D eigenvalue weighted by Crippen LogP contribution is 2.46. The van der Waals surface area contributed by atoms with E-state index in [9.17, 15) is 4.79 Å². The molecule has 3 aliphatic rings. The van der Waals surface area contributed by atoms with Gasteiger partial charge in [-0.25, -0.2) is 0 Å². The van der Waals surface area contributed by atoms with Crippen molar-refractivity contribution in [2.75, 3.05) is 11.9 Å². The molecule has 1 aliphatic heterocycles. The van der Waals surface area contributed by atoms with E-state index in [-0.39, 0.29) is 22.5 Å². The summed E-state index contributed by atoms with van der Waals surface area (Å²) in [7, 11) is 2.07. The summed E-state index contributed by atoms with van der Waals surface area (Å²) in [6, 6.07) is 8.43. The predicted octanol–water partition coefficient (Wildman–Crippen LogP) is 4.58. The van der Waals surface area contributed by atoms with Crippen molar-refractivity contribution in [1.29, 1.82) is 0 Å². The van der Waals surface area contributed by atoms with Crippen molar-refractivity contribution < 1.29 is 4.79 Å². The zero-order chi connectivity index (χ0) is 18.5. The van der Waals surface area contributed by atoms with E-state index in [1.807, 2.05) is 24.4 Å². The predicted molar refractivity (Wildman–Crippen MR) is 107 cm³/mol. The van der Waals surface area contributed by atoms with Crippen molar-refractivity contribution in [1.82, 2.24) is 0 Å². The molecule has 1 aromatic carbocycles. The molecule has 26 heavy (non-hydrogen) atoms. The van der Waals surface area contributed by atoms with Crippen LogP contribution in [0.1, 0.15) is 26.3 Å². The average Bonchev–Trinajstić information content (AvgIpc) is 2.82. The van der Waals surface area contributed by atoms with Gasteiger partial charge in [-0.2, -0.15) is 0 Å². The smallest absolute Gasteiger partial charge is 0.200 e. The lowest BCUT2D eigenvalue weighted by Gasteiger charge is -2.35. The molecule has 2 unspecified atom stereocenters. The minimum atomic E-state index is -0.180. The van der Waals surface area contributed by atoms with Gasteiger partial charge in [-0.05, 0) is 17.7 Å². The Hall–Kier alpha value is -2.68. The van der Waals surface area contributed by atoms with Crippen molar-refractivity contribution in [2.45, 2.75) is 26.2 Å². The molecule has 3 heteroatoms. The number of carbonyl (C=O) groups excluding carboxylic acids is 1. The topological polar surface area (TPSA) is 32.7 Å². The van der Waals surface area contributed by atoms with E-state index >= 15 is 0 Å². The quantitative estimate of drug-likeness (QED) is 0.747. The fourth-order valence-electron chi connectivity index (χ4n) is 4.29. The first-order valence-electron chi connectivity index (χ1n) is 9.06. The molecule has 0 radical (unpaired) electrons. The first-order chi connectivity index (χ1) is 12.3. The zero-order valence-electron chi connectivity index (χ0n) is 15.7. The Morgan fingerprint density at radius 1 is 1.12 bits per heavy atom. The van der Waals surface area contributed by atoms with Gasteiger partial charge in [0, 0.05) is 41.4 Å². The number of aliphatic imine (C=N–C) groups is 1. The molecule has 1 heterocycles. The van der Waals surface area contributed by atoms with E-state index in [1.54, 1.807) is 6.08 Å². The van der Waals surface area contributed by atoms with E-state index < -0.39 is 0 Å². The Labute approximate surface area is 155 Å². The van der Waals surface area contributed by atoms with E-state index in [0.717, 1.165) is 5.70 Å². The van der Waals surface area contributed by atoms with Gasteiger partial charge in [-0.15, -0.1) is 0 Å². The highest BCUT2D eigenvalue weighted by Gasteiger charge is 2.40. The maximum atomic E-state index is 12.5. The highest BCUT2D eigenvalue weighted by molar-refractivity contribution is 6.46. The standard InChI is InChI=1S/C23H24N2O/c1-22(2)16-9-5-6-11-18(16)25(4)20(22)15-24-21-17-10-7-8-13-23(17,3)14-12-19(21)26/h5-15,17H,1-4H3/b20-15+,24-21?. The number of likely N-dealkylation sites (N-methyl/N-ethyl adjacent to an activating group) is 1. The van der Waals surface area contributed by atoms with Crippen LogP contribution in [0.25, 0.3) is 0 Å². The molecule has 0 N–H and O–H groups in total. The third kappa shape index (κ3) is 2.34. The summed E-state index contributed by atoms with van der Waals surface area (Å²) in [5, 5.41) is 0. The third-order valence-corrected chi connectivity index (χ3v) is 5.95. The molecule has 4 rings (SSSR count). The lowest BCUT2D eigenvalue weighted by atomic mass is 9.68. The summed E-state index contributed by atoms with van der Waals surface area (Å²) in [5.74, 6) is -0.0145. The monoisotopic (exact) mass is 344 g/mol. The number of hydrogen-bond donors (Lipinski definition) is 0. The van der Waals surface area contributed by atoms with Crippen LogP contribution in [0.4, 0.5) is 5.69 Å². The minimum absolute atomic E-state index is 0.000227. The molecule has 0 bridgehead atoms. The van der Waals surface area contributed by atoms with Crippen LogP contribution < -0.4 is 4.90 Å². The first kappa shape index (κ1) is 16.8. The molecule has 0 saturated carbocycles. The Bertz CT molecular complexity index is 929. The summed E-state index contributed by atoms with van der Waals surface area (Å²) < 4.78 is 0. The number of fused-ring (bicyclic) bond motifs is 2. The molecule has 0 spiro atoms. The van der Waals surface area contributed by atoms with Gasteiger partial charge in [0.15, 0.2) is 5.78 Å². The second-order valence-electron chi connectivity index (χ2n) is 8.02. The van der Waals surface area contributed by atoms with Gasteiger partial charge in [-0.3, -0.25) is 9.79 Å². The Morgan fingerprint density at radius 3 is 2.65 bits per heavy atom. The van der Waals surface area contributed by atoms with E-state index in [0.29, 0.717) is 5.71 Å². The van der Waals surface area contributed by atoms with Crippen LogP contribution in [0.15, 0.2) is 77.6 Å². The average molecular weight is 344 g/mol. The number of ketones is 1. The number of hydrogen-bond acceptors (Lipinski definition) is 3. The second-order valence-corrected chi connectivity index (χ2v) is 8.02. The molecule has 2 atom stereocenters.